The topological polar surface area (TPSA) is 110 Å². The summed E-state index contributed by atoms with van der Waals surface area (Å²) in [6.45, 7) is 0. The number of fused-ring (bicyclic) bond motifs is 1. The molecule has 0 radical (unpaired) electrons. The molecule has 1 saturated carbocycles. The van der Waals surface area contributed by atoms with Crippen LogP contribution in [0.3, 0.4) is 0 Å². The minimum absolute atomic E-state index is 0.164. The molecule has 0 saturated heterocycles. The molecule has 4 N–H and O–H groups in total. The zero-order chi connectivity index (χ0) is 18.1. The van der Waals surface area contributed by atoms with Gasteiger partial charge < -0.3 is 16.4 Å². The molecule has 1 fully saturated rings. The Hall–Kier alpha value is -1.65. The van der Waals surface area contributed by atoms with Crippen molar-refractivity contribution in [1.29, 1.82) is 0 Å². The molecule has 4 rings (SSSR count). The van der Waals surface area contributed by atoms with Gasteiger partial charge in [-0.15, -0.1) is 21.5 Å². The van der Waals surface area contributed by atoms with Crippen molar-refractivity contribution in [1.82, 2.24) is 10.2 Å². The standard InChI is InChI=1S/C16H19N5O2S3/c17-13(23)12-9-3-1-2-4-10(9)25-14(12)19-11(22)7-24-16-21-20-15(26-16)18-8-5-6-8/h8H,1-7H2,(H2,17,23)(H,18,20)(H,19,22). The molecule has 10 heteroatoms. The average Bonchev–Trinajstić information content (AvgIpc) is 3.17. The molecule has 0 unspecified atom stereocenters. The normalized spacial score (nSPS) is 16.2. The van der Waals surface area contributed by atoms with Gasteiger partial charge >= 0.3 is 0 Å². The van der Waals surface area contributed by atoms with Crippen molar-refractivity contribution in [3.8, 4) is 0 Å². The number of nitrogens with one attached hydrogen (secondary N) is 2. The maximum Gasteiger partial charge on any atom is 0.251 e. The van der Waals surface area contributed by atoms with Crippen molar-refractivity contribution >= 4 is 56.4 Å². The molecule has 2 aliphatic rings. The van der Waals surface area contributed by atoms with Crippen LogP contribution in [-0.2, 0) is 17.6 Å². The molecule has 0 atom stereocenters. The second-order valence-corrected chi connectivity index (χ2v) is 9.71. The first-order valence-electron chi connectivity index (χ1n) is 8.57. The fourth-order valence-corrected chi connectivity index (χ4v) is 5.87. The Morgan fingerprint density at radius 1 is 1.19 bits per heavy atom. The van der Waals surface area contributed by atoms with E-state index in [2.05, 4.69) is 20.8 Å². The largest absolute Gasteiger partial charge is 0.365 e. The molecule has 138 valence electrons. The Bertz CT molecular complexity index is 843. The van der Waals surface area contributed by atoms with E-state index in [0.29, 0.717) is 16.6 Å². The fourth-order valence-electron chi connectivity index (χ4n) is 2.93. The number of rotatable bonds is 7. The van der Waals surface area contributed by atoms with E-state index >= 15 is 0 Å². The van der Waals surface area contributed by atoms with Crippen LogP contribution in [0.4, 0.5) is 10.1 Å². The maximum atomic E-state index is 12.3. The van der Waals surface area contributed by atoms with Crippen molar-refractivity contribution < 1.29 is 9.59 Å². The van der Waals surface area contributed by atoms with Crippen LogP contribution in [0.2, 0.25) is 0 Å². The van der Waals surface area contributed by atoms with Gasteiger partial charge in [0.25, 0.3) is 5.91 Å². The van der Waals surface area contributed by atoms with Crippen molar-refractivity contribution in [2.24, 2.45) is 5.73 Å². The number of thiophene rings is 1. The van der Waals surface area contributed by atoms with E-state index in [0.717, 1.165) is 40.7 Å². The summed E-state index contributed by atoms with van der Waals surface area (Å²) in [6.07, 6.45) is 6.34. The van der Waals surface area contributed by atoms with Crippen LogP contribution in [-0.4, -0.2) is 33.8 Å². The Morgan fingerprint density at radius 3 is 2.77 bits per heavy atom. The first-order valence-corrected chi connectivity index (χ1v) is 11.2. The van der Waals surface area contributed by atoms with E-state index in [1.807, 2.05) is 0 Å². The van der Waals surface area contributed by atoms with Gasteiger partial charge in [-0.2, -0.15) is 0 Å². The van der Waals surface area contributed by atoms with Crippen LogP contribution in [0.1, 0.15) is 46.5 Å². The number of primary amides is 1. The van der Waals surface area contributed by atoms with Gasteiger partial charge in [0.15, 0.2) is 4.34 Å². The van der Waals surface area contributed by atoms with E-state index in [1.165, 1.54) is 52.2 Å². The lowest BCUT2D eigenvalue weighted by atomic mass is 9.95. The van der Waals surface area contributed by atoms with Gasteiger partial charge in [0.05, 0.1) is 11.3 Å². The van der Waals surface area contributed by atoms with Gasteiger partial charge in [-0.3, -0.25) is 9.59 Å². The number of nitrogens with zero attached hydrogens (tertiary/aromatic N) is 2. The van der Waals surface area contributed by atoms with E-state index in [-0.39, 0.29) is 11.7 Å². The number of hydrogen-bond donors (Lipinski definition) is 3. The summed E-state index contributed by atoms with van der Waals surface area (Å²) >= 11 is 4.29. The summed E-state index contributed by atoms with van der Waals surface area (Å²) in [5.41, 5.74) is 7.08. The monoisotopic (exact) mass is 409 g/mol. The fraction of sp³-hybridized carbons (Fsp3) is 0.500. The summed E-state index contributed by atoms with van der Waals surface area (Å²) in [6, 6.07) is 0.529. The number of aromatic nitrogens is 2. The molecule has 0 spiro atoms. The summed E-state index contributed by atoms with van der Waals surface area (Å²) in [4.78, 5) is 25.4. The first kappa shape index (κ1) is 17.7. The van der Waals surface area contributed by atoms with Crippen LogP contribution in [0.15, 0.2) is 4.34 Å². The summed E-state index contributed by atoms with van der Waals surface area (Å²) < 4.78 is 0.754. The summed E-state index contributed by atoms with van der Waals surface area (Å²) in [5, 5.41) is 15.7. The van der Waals surface area contributed by atoms with Crippen molar-refractivity contribution in [3.63, 3.8) is 0 Å². The third-order valence-electron chi connectivity index (χ3n) is 4.31. The van der Waals surface area contributed by atoms with Crippen molar-refractivity contribution in [3.05, 3.63) is 16.0 Å². The van der Waals surface area contributed by atoms with Gasteiger partial charge in [0.1, 0.15) is 5.00 Å². The van der Waals surface area contributed by atoms with Crippen LogP contribution in [0.25, 0.3) is 0 Å². The maximum absolute atomic E-state index is 12.3. The molecule has 7 nitrogen and oxygen atoms in total. The highest BCUT2D eigenvalue weighted by Gasteiger charge is 2.25. The van der Waals surface area contributed by atoms with Gasteiger partial charge in [-0.25, -0.2) is 0 Å². The lowest BCUT2D eigenvalue weighted by Gasteiger charge is -2.11. The number of amides is 2. The molecular weight excluding hydrogens is 390 g/mol. The second-order valence-electron chi connectivity index (χ2n) is 6.41. The molecule has 0 bridgehead atoms. The highest BCUT2D eigenvalue weighted by atomic mass is 32.2. The highest BCUT2D eigenvalue weighted by Crippen LogP contribution is 2.38. The number of hydrogen-bond acceptors (Lipinski definition) is 8. The Kier molecular flexibility index (Phi) is 5.14. The van der Waals surface area contributed by atoms with Gasteiger partial charge in [-0.1, -0.05) is 23.1 Å². The summed E-state index contributed by atoms with van der Waals surface area (Å²) in [5.74, 6) is -0.408. The van der Waals surface area contributed by atoms with Crippen LogP contribution >= 0.6 is 34.4 Å². The number of thioether (sulfide) groups is 1. The van der Waals surface area contributed by atoms with E-state index in [1.54, 1.807) is 0 Å². The number of nitrogens with two attached hydrogens (primary N) is 1. The minimum atomic E-state index is -0.465. The number of anilines is 2. The lowest BCUT2D eigenvalue weighted by molar-refractivity contribution is -0.113. The Balaban J connectivity index is 1.37. The van der Waals surface area contributed by atoms with Crippen LogP contribution in [0.5, 0.6) is 0 Å². The van der Waals surface area contributed by atoms with E-state index in [4.69, 9.17) is 5.73 Å². The zero-order valence-corrected chi connectivity index (χ0v) is 16.5. The molecule has 2 aromatic rings. The smallest absolute Gasteiger partial charge is 0.251 e. The van der Waals surface area contributed by atoms with Gasteiger partial charge in [0.2, 0.25) is 11.0 Å². The highest BCUT2D eigenvalue weighted by molar-refractivity contribution is 8.01. The predicted octanol–water partition coefficient (Wildman–Crippen LogP) is 2.88. The molecule has 0 aromatic carbocycles. The Morgan fingerprint density at radius 2 is 2.00 bits per heavy atom. The van der Waals surface area contributed by atoms with Crippen LogP contribution < -0.4 is 16.4 Å². The molecule has 2 aromatic heterocycles. The molecule has 2 aliphatic carbocycles. The molecule has 26 heavy (non-hydrogen) atoms. The summed E-state index contributed by atoms with van der Waals surface area (Å²) in [7, 11) is 0. The van der Waals surface area contributed by atoms with Gasteiger partial charge in [0, 0.05) is 10.9 Å². The van der Waals surface area contributed by atoms with Crippen molar-refractivity contribution in [2.45, 2.75) is 48.9 Å². The van der Waals surface area contributed by atoms with Crippen molar-refractivity contribution in [2.75, 3.05) is 16.4 Å². The second kappa shape index (κ2) is 7.53. The SMILES string of the molecule is NC(=O)c1c(NC(=O)CSc2nnc(NC3CC3)s2)sc2c1CCCC2. The lowest BCUT2D eigenvalue weighted by Crippen LogP contribution is -2.19. The first-order chi connectivity index (χ1) is 12.6. The third kappa shape index (κ3) is 4.02. The number of aryl methyl sites for hydroxylation is 1. The third-order valence-corrected chi connectivity index (χ3v) is 7.50. The average molecular weight is 410 g/mol. The number of carbonyl (C=O) groups is 2. The Labute approximate surface area is 163 Å². The molecule has 0 aliphatic heterocycles. The molecule has 2 heterocycles. The quantitative estimate of drug-likeness (QED) is 0.607. The molecular formula is C16H19N5O2S3. The van der Waals surface area contributed by atoms with Crippen LogP contribution in [0, 0.1) is 0 Å². The molecule has 2 amide bonds. The number of carbonyl (C=O) groups excluding carboxylic acids is 2. The minimum Gasteiger partial charge on any atom is -0.365 e. The van der Waals surface area contributed by atoms with Gasteiger partial charge in [-0.05, 0) is 44.1 Å². The van der Waals surface area contributed by atoms with E-state index < -0.39 is 5.91 Å². The predicted molar refractivity (Wildman–Crippen MR) is 105 cm³/mol. The van der Waals surface area contributed by atoms with E-state index in [9.17, 15) is 9.59 Å². The zero-order valence-electron chi connectivity index (χ0n) is 14.0.